The number of nitrogens with two attached hydrogens (primary N) is 1. The first kappa shape index (κ1) is 13.5. The molecule has 0 radical (unpaired) electrons. The molecule has 1 aromatic heterocycles. The molecule has 1 heterocycles. The molecule has 0 aliphatic carbocycles. The molecule has 0 saturated carbocycles. The van der Waals surface area contributed by atoms with Crippen molar-refractivity contribution in [3.05, 3.63) is 53.7 Å². The highest BCUT2D eigenvalue weighted by molar-refractivity contribution is 5.32. The van der Waals surface area contributed by atoms with Gasteiger partial charge >= 0.3 is 0 Å². The second kappa shape index (κ2) is 6.31. The summed E-state index contributed by atoms with van der Waals surface area (Å²) in [5, 5.41) is 0. The number of nitrogens with zero attached hydrogens (tertiary/aromatic N) is 1. The molecule has 100 valence electrons. The van der Waals surface area contributed by atoms with E-state index in [4.69, 9.17) is 15.2 Å². The van der Waals surface area contributed by atoms with Crippen LogP contribution in [0.1, 0.15) is 24.1 Å². The van der Waals surface area contributed by atoms with Gasteiger partial charge in [-0.15, -0.1) is 0 Å². The summed E-state index contributed by atoms with van der Waals surface area (Å²) < 4.78 is 10.8. The molecule has 0 unspecified atom stereocenters. The summed E-state index contributed by atoms with van der Waals surface area (Å²) in [5.41, 5.74) is 7.82. The highest BCUT2D eigenvalue weighted by Gasteiger charge is 2.03. The monoisotopic (exact) mass is 258 g/mol. The van der Waals surface area contributed by atoms with Crippen LogP contribution in [0.25, 0.3) is 0 Å². The Balaban J connectivity index is 2.10. The third kappa shape index (κ3) is 3.77. The van der Waals surface area contributed by atoms with E-state index in [9.17, 15) is 0 Å². The summed E-state index contributed by atoms with van der Waals surface area (Å²) >= 11 is 0. The largest absolute Gasteiger partial charge is 0.439 e. The van der Waals surface area contributed by atoms with Gasteiger partial charge in [0.1, 0.15) is 5.75 Å². The molecule has 0 saturated heterocycles. The van der Waals surface area contributed by atoms with Crippen molar-refractivity contribution in [2.24, 2.45) is 5.73 Å². The van der Waals surface area contributed by atoms with Crippen LogP contribution in [-0.4, -0.2) is 12.1 Å². The zero-order valence-electron chi connectivity index (χ0n) is 11.2. The van der Waals surface area contributed by atoms with E-state index in [-0.39, 0.29) is 6.04 Å². The first-order valence-corrected chi connectivity index (χ1v) is 6.16. The maximum absolute atomic E-state index is 5.77. The van der Waals surface area contributed by atoms with Crippen molar-refractivity contribution in [1.29, 1.82) is 0 Å². The van der Waals surface area contributed by atoms with Crippen molar-refractivity contribution in [2.45, 2.75) is 19.6 Å². The Bertz CT molecular complexity index is 524. The standard InChI is InChI=1S/C15H18N2O2/c1-11(16)13-6-7-15(17-9-13)19-14-5-3-4-12(8-14)10-18-2/h3-9,11H,10,16H2,1-2H3/t11-/m0/s1. The van der Waals surface area contributed by atoms with E-state index in [2.05, 4.69) is 4.98 Å². The first-order valence-electron chi connectivity index (χ1n) is 6.16. The van der Waals surface area contributed by atoms with E-state index in [0.29, 0.717) is 12.5 Å². The van der Waals surface area contributed by atoms with Crippen LogP contribution in [0.15, 0.2) is 42.6 Å². The SMILES string of the molecule is COCc1cccc(Oc2ccc([C@H](C)N)cn2)c1. The summed E-state index contributed by atoms with van der Waals surface area (Å²) in [6.07, 6.45) is 1.74. The van der Waals surface area contributed by atoms with E-state index in [1.54, 1.807) is 13.3 Å². The number of rotatable bonds is 5. The highest BCUT2D eigenvalue weighted by atomic mass is 16.5. The van der Waals surface area contributed by atoms with Crippen LogP contribution >= 0.6 is 0 Å². The van der Waals surface area contributed by atoms with Crippen molar-refractivity contribution in [3.8, 4) is 11.6 Å². The van der Waals surface area contributed by atoms with Crippen molar-refractivity contribution in [2.75, 3.05) is 7.11 Å². The van der Waals surface area contributed by atoms with Crippen LogP contribution in [0.3, 0.4) is 0 Å². The average molecular weight is 258 g/mol. The lowest BCUT2D eigenvalue weighted by Gasteiger charge is -2.08. The average Bonchev–Trinajstić information content (AvgIpc) is 2.40. The number of aromatic nitrogens is 1. The van der Waals surface area contributed by atoms with Gasteiger partial charge in [0.25, 0.3) is 0 Å². The van der Waals surface area contributed by atoms with Crippen molar-refractivity contribution in [1.82, 2.24) is 4.98 Å². The summed E-state index contributed by atoms with van der Waals surface area (Å²) in [7, 11) is 1.67. The zero-order valence-corrected chi connectivity index (χ0v) is 11.2. The van der Waals surface area contributed by atoms with Crippen molar-refractivity contribution in [3.63, 3.8) is 0 Å². The molecule has 1 aromatic carbocycles. The smallest absolute Gasteiger partial charge is 0.219 e. The van der Waals surface area contributed by atoms with E-state index in [1.807, 2.05) is 43.3 Å². The molecule has 2 aromatic rings. The topological polar surface area (TPSA) is 57.4 Å². The summed E-state index contributed by atoms with van der Waals surface area (Å²) in [5.74, 6) is 1.30. The van der Waals surface area contributed by atoms with Gasteiger partial charge < -0.3 is 15.2 Å². The summed E-state index contributed by atoms with van der Waals surface area (Å²) in [6.45, 7) is 2.49. The van der Waals surface area contributed by atoms with Crippen molar-refractivity contribution >= 4 is 0 Å². The van der Waals surface area contributed by atoms with Gasteiger partial charge in [-0.1, -0.05) is 18.2 Å². The Labute approximate surface area is 113 Å². The first-order chi connectivity index (χ1) is 9.19. The number of pyridine rings is 1. The minimum atomic E-state index is -0.0217. The van der Waals surface area contributed by atoms with E-state index >= 15 is 0 Å². The normalized spacial score (nSPS) is 12.2. The molecule has 0 fully saturated rings. The lowest BCUT2D eigenvalue weighted by molar-refractivity contribution is 0.184. The molecule has 19 heavy (non-hydrogen) atoms. The second-order valence-electron chi connectivity index (χ2n) is 4.40. The van der Waals surface area contributed by atoms with Gasteiger partial charge in [0, 0.05) is 25.4 Å². The second-order valence-corrected chi connectivity index (χ2v) is 4.40. The van der Waals surface area contributed by atoms with Gasteiger partial charge in [-0.05, 0) is 30.2 Å². The Morgan fingerprint density at radius 2 is 2.11 bits per heavy atom. The third-order valence-electron chi connectivity index (χ3n) is 2.72. The van der Waals surface area contributed by atoms with Gasteiger partial charge in [0.05, 0.1) is 6.61 Å². The zero-order chi connectivity index (χ0) is 13.7. The fourth-order valence-electron chi connectivity index (χ4n) is 1.71. The Hall–Kier alpha value is -1.91. The molecule has 1 atom stereocenters. The van der Waals surface area contributed by atoms with Crippen LogP contribution < -0.4 is 10.5 Å². The number of methoxy groups -OCH3 is 1. The maximum Gasteiger partial charge on any atom is 0.219 e. The van der Waals surface area contributed by atoms with Gasteiger partial charge in [0.15, 0.2) is 0 Å². The molecule has 0 spiro atoms. The minimum Gasteiger partial charge on any atom is -0.439 e. The molecular formula is C15H18N2O2. The molecule has 0 amide bonds. The van der Waals surface area contributed by atoms with Crippen LogP contribution in [0, 0.1) is 0 Å². The number of hydrogen-bond donors (Lipinski definition) is 1. The Morgan fingerprint density at radius 3 is 2.74 bits per heavy atom. The number of benzene rings is 1. The van der Waals surface area contributed by atoms with Gasteiger partial charge in [-0.2, -0.15) is 0 Å². The Kier molecular flexibility index (Phi) is 4.49. The van der Waals surface area contributed by atoms with Gasteiger partial charge in [-0.25, -0.2) is 4.98 Å². The quantitative estimate of drug-likeness (QED) is 0.895. The molecule has 4 heteroatoms. The molecule has 0 aliphatic heterocycles. The van der Waals surface area contributed by atoms with E-state index < -0.39 is 0 Å². The number of hydrogen-bond acceptors (Lipinski definition) is 4. The Morgan fingerprint density at radius 1 is 1.26 bits per heavy atom. The minimum absolute atomic E-state index is 0.0217. The van der Waals surface area contributed by atoms with Crippen LogP contribution in [0.5, 0.6) is 11.6 Å². The van der Waals surface area contributed by atoms with Crippen molar-refractivity contribution < 1.29 is 9.47 Å². The fraction of sp³-hybridized carbons (Fsp3) is 0.267. The highest BCUT2D eigenvalue weighted by Crippen LogP contribution is 2.21. The summed E-state index contributed by atoms with van der Waals surface area (Å²) in [4.78, 5) is 4.24. The van der Waals surface area contributed by atoms with Gasteiger partial charge in [-0.3, -0.25) is 0 Å². The van der Waals surface area contributed by atoms with E-state index in [1.165, 1.54) is 0 Å². The van der Waals surface area contributed by atoms with Gasteiger partial charge in [0.2, 0.25) is 5.88 Å². The maximum atomic E-state index is 5.77. The fourth-order valence-corrected chi connectivity index (χ4v) is 1.71. The number of ether oxygens (including phenoxy) is 2. The van der Waals surface area contributed by atoms with Crippen LogP contribution in [0.2, 0.25) is 0 Å². The van der Waals surface area contributed by atoms with Crippen LogP contribution in [-0.2, 0) is 11.3 Å². The molecular weight excluding hydrogens is 240 g/mol. The van der Waals surface area contributed by atoms with E-state index in [0.717, 1.165) is 16.9 Å². The predicted molar refractivity (Wildman–Crippen MR) is 74.1 cm³/mol. The third-order valence-corrected chi connectivity index (χ3v) is 2.72. The lowest BCUT2D eigenvalue weighted by atomic mass is 10.2. The predicted octanol–water partition coefficient (Wildman–Crippen LogP) is 3.04. The van der Waals surface area contributed by atoms with Crippen LogP contribution in [0.4, 0.5) is 0 Å². The molecule has 2 rings (SSSR count). The molecule has 0 bridgehead atoms. The molecule has 0 aliphatic rings. The lowest BCUT2D eigenvalue weighted by Crippen LogP contribution is -2.05. The molecule has 2 N–H and O–H groups in total. The molecule has 4 nitrogen and oxygen atoms in total. The summed E-state index contributed by atoms with van der Waals surface area (Å²) in [6, 6.07) is 11.5.